The highest BCUT2D eigenvalue weighted by Crippen LogP contribution is 2.71. The highest BCUT2D eigenvalue weighted by atomic mass is 19.4. The minimum absolute atomic E-state index is 0.0120. The molecule has 4 saturated carbocycles. The summed E-state index contributed by atoms with van der Waals surface area (Å²) in [5.41, 5.74) is -0.0245. The van der Waals surface area contributed by atoms with Crippen LogP contribution in [0.25, 0.3) is 0 Å². The number of hydrogen-bond donors (Lipinski definition) is 2. The van der Waals surface area contributed by atoms with Crippen molar-refractivity contribution in [2.45, 2.75) is 82.2 Å². The molecule has 0 spiro atoms. The SMILES string of the molecule is COc1ncc(C(F)(F)F)cc1CN[C@H]1[C@H](C23CC(C2)C3)[C@@H](C(=O)O)N(C(=O)C2CCCCC2)[C@H]1c1ccccc1. The Morgan fingerprint density at radius 1 is 1.12 bits per heavy atom. The Labute approximate surface area is 237 Å². The van der Waals surface area contributed by atoms with E-state index in [0.717, 1.165) is 69.2 Å². The molecule has 4 aliphatic carbocycles. The molecule has 10 heteroatoms. The Bertz CT molecular complexity index is 1280. The number of pyridine rings is 1. The number of aromatic nitrogens is 1. The van der Waals surface area contributed by atoms with Crippen molar-refractivity contribution >= 4 is 11.9 Å². The number of halogens is 3. The summed E-state index contributed by atoms with van der Waals surface area (Å²) in [4.78, 5) is 32.9. The topological polar surface area (TPSA) is 91.8 Å². The third-order valence-electron chi connectivity index (χ3n) is 10.0. The Morgan fingerprint density at radius 2 is 1.80 bits per heavy atom. The van der Waals surface area contributed by atoms with Crippen LogP contribution >= 0.6 is 0 Å². The zero-order chi connectivity index (χ0) is 28.9. The van der Waals surface area contributed by atoms with Crippen LogP contribution in [0.2, 0.25) is 0 Å². The molecule has 220 valence electrons. The number of carboxylic acid groups (broad SMARTS) is 1. The van der Waals surface area contributed by atoms with Crippen molar-refractivity contribution in [2.24, 2.45) is 23.2 Å². The maximum absolute atomic E-state index is 14.2. The first-order valence-electron chi connectivity index (χ1n) is 14.6. The van der Waals surface area contributed by atoms with E-state index in [1.807, 2.05) is 30.3 Å². The summed E-state index contributed by atoms with van der Waals surface area (Å²) in [6, 6.07) is 8.41. The van der Waals surface area contributed by atoms with Gasteiger partial charge >= 0.3 is 12.1 Å². The lowest BCUT2D eigenvalue weighted by Crippen LogP contribution is -2.63. The average Bonchev–Trinajstić information content (AvgIpc) is 3.25. The molecular weight excluding hydrogens is 535 g/mol. The molecule has 1 saturated heterocycles. The minimum atomic E-state index is -4.57. The molecule has 5 fully saturated rings. The monoisotopic (exact) mass is 571 g/mol. The average molecular weight is 572 g/mol. The molecule has 0 unspecified atom stereocenters. The fourth-order valence-corrected chi connectivity index (χ4v) is 8.14. The lowest BCUT2D eigenvalue weighted by atomic mass is 9.38. The fraction of sp³-hybridized carbons (Fsp3) is 0.581. The van der Waals surface area contributed by atoms with Gasteiger partial charge < -0.3 is 20.1 Å². The summed E-state index contributed by atoms with van der Waals surface area (Å²) < 4.78 is 45.9. The van der Waals surface area contributed by atoms with E-state index in [2.05, 4.69) is 10.3 Å². The smallest absolute Gasteiger partial charge is 0.417 e. The summed E-state index contributed by atoms with van der Waals surface area (Å²) >= 11 is 0. The third kappa shape index (κ3) is 4.87. The molecule has 2 aromatic rings. The van der Waals surface area contributed by atoms with Crippen molar-refractivity contribution in [1.29, 1.82) is 0 Å². The second-order valence-electron chi connectivity index (χ2n) is 12.4. The zero-order valence-corrected chi connectivity index (χ0v) is 23.1. The third-order valence-corrected chi connectivity index (χ3v) is 10.0. The van der Waals surface area contributed by atoms with Crippen LogP contribution in [0.5, 0.6) is 5.88 Å². The number of likely N-dealkylation sites (tertiary alicyclic amines) is 1. The van der Waals surface area contributed by atoms with E-state index in [-0.39, 0.29) is 41.1 Å². The van der Waals surface area contributed by atoms with E-state index in [1.54, 1.807) is 4.90 Å². The second-order valence-corrected chi connectivity index (χ2v) is 12.4. The van der Waals surface area contributed by atoms with Gasteiger partial charge in [0.1, 0.15) is 6.04 Å². The normalized spacial score (nSPS) is 31.3. The summed E-state index contributed by atoms with van der Waals surface area (Å²) in [7, 11) is 1.36. The number of alkyl halides is 3. The van der Waals surface area contributed by atoms with Crippen LogP contribution in [0.4, 0.5) is 13.2 Å². The maximum Gasteiger partial charge on any atom is 0.417 e. The van der Waals surface area contributed by atoms with Gasteiger partial charge in [0.2, 0.25) is 11.8 Å². The van der Waals surface area contributed by atoms with Gasteiger partial charge in [0.25, 0.3) is 0 Å². The van der Waals surface area contributed by atoms with E-state index in [0.29, 0.717) is 5.92 Å². The number of nitrogens with one attached hydrogen (secondary N) is 1. The molecule has 5 aliphatic rings. The van der Waals surface area contributed by atoms with Crippen LogP contribution in [0.15, 0.2) is 42.6 Å². The quantitative estimate of drug-likeness (QED) is 0.429. The predicted octanol–water partition coefficient (Wildman–Crippen LogP) is 5.60. The molecule has 1 aromatic carbocycles. The van der Waals surface area contributed by atoms with E-state index in [4.69, 9.17) is 4.74 Å². The summed E-state index contributed by atoms with van der Waals surface area (Å²) in [5.74, 6) is -1.09. The van der Waals surface area contributed by atoms with Crippen molar-refractivity contribution in [3.8, 4) is 5.88 Å². The summed E-state index contributed by atoms with van der Waals surface area (Å²) in [6.45, 7) is -0.0120. The molecule has 2 N–H and O–H groups in total. The van der Waals surface area contributed by atoms with Gasteiger partial charge in [-0.1, -0.05) is 49.6 Å². The number of nitrogens with zero attached hydrogens (tertiary/aromatic N) is 2. The number of carboxylic acids is 1. The number of methoxy groups -OCH3 is 1. The van der Waals surface area contributed by atoms with Gasteiger partial charge in [-0.05, 0) is 55.1 Å². The van der Waals surface area contributed by atoms with E-state index in [9.17, 15) is 27.9 Å². The molecule has 4 atom stereocenters. The molecule has 1 aromatic heterocycles. The summed E-state index contributed by atoms with van der Waals surface area (Å²) in [6.07, 6.45) is 3.37. The number of carbonyl (C=O) groups excluding carboxylic acids is 1. The van der Waals surface area contributed by atoms with Crippen LogP contribution in [-0.4, -0.2) is 46.1 Å². The first-order chi connectivity index (χ1) is 19.6. The number of rotatable bonds is 8. The van der Waals surface area contributed by atoms with Gasteiger partial charge in [-0.25, -0.2) is 9.78 Å². The van der Waals surface area contributed by atoms with Crippen molar-refractivity contribution in [1.82, 2.24) is 15.2 Å². The maximum atomic E-state index is 14.2. The number of hydrogen-bond acceptors (Lipinski definition) is 5. The Balaban J connectivity index is 1.42. The van der Waals surface area contributed by atoms with E-state index in [1.165, 1.54) is 7.11 Å². The van der Waals surface area contributed by atoms with E-state index >= 15 is 0 Å². The van der Waals surface area contributed by atoms with Gasteiger partial charge in [0.15, 0.2) is 0 Å². The largest absolute Gasteiger partial charge is 0.481 e. The molecular formula is C31H36F3N3O4. The highest BCUT2D eigenvalue weighted by molar-refractivity contribution is 5.87. The number of benzene rings is 1. The lowest BCUT2D eigenvalue weighted by molar-refractivity contribution is -0.178. The van der Waals surface area contributed by atoms with Crippen molar-refractivity contribution in [2.75, 3.05) is 7.11 Å². The molecule has 7 nitrogen and oxygen atoms in total. The Hall–Kier alpha value is -3.14. The van der Waals surface area contributed by atoms with Gasteiger partial charge in [-0.15, -0.1) is 0 Å². The highest BCUT2D eigenvalue weighted by Gasteiger charge is 2.69. The van der Waals surface area contributed by atoms with Gasteiger partial charge in [0, 0.05) is 36.2 Å². The molecule has 41 heavy (non-hydrogen) atoms. The first-order valence-corrected chi connectivity index (χ1v) is 14.6. The molecule has 1 aliphatic heterocycles. The molecule has 7 rings (SSSR count). The van der Waals surface area contributed by atoms with Crippen LogP contribution in [-0.2, 0) is 22.3 Å². The Morgan fingerprint density at radius 3 is 2.37 bits per heavy atom. The zero-order valence-electron chi connectivity index (χ0n) is 23.1. The molecule has 1 amide bonds. The minimum Gasteiger partial charge on any atom is -0.481 e. The van der Waals surface area contributed by atoms with Crippen LogP contribution in [0.1, 0.15) is 74.1 Å². The standard InChI is InChI=1S/C31H36F3N3O4/c1-41-27-21(12-22(17-36-27)31(32,33)34)16-35-24-23(30-13-18(14-30)15-30)26(29(39)40)37(25(24)19-8-4-2-5-9-19)28(38)20-10-6-3-7-11-20/h2,4-5,8-9,12,17-18,20,23-26,35H,3,6-7,10-11,13-16H2,1H3,(H,39,40)/t18?,23-,24-,25-,26-,30?/m0/s1. The molecule has 2 bridgehead atoms. The van der Waals surface area contributed by atoms with Gasteiger partial charge in [-0.2, -0.15) is 13.2 Å². The van der Waals surface area contributed by atoms with Gasteiger partial charge in [0.05, 0.1) is 18.7 Å². The first kappa shape index (κ1) is 28.0. The second kappa shape index (κ2) is 10.6. The van der Waals surface area contributed by atoms with Crippen LogP contribution in [0, 0.1) is 23.2 Å². The Kier molecular flexibility index (Phi) is 7.24. The molecule has 2 heterocycles. The predicted molar refractivity (Wildman–Crippen MR) is 144 cm³/mol. The number of carbonyl (C=O) groups is 2. The van der Waals surface area contributed by atoms with Crippen LogP contribution < -0.4 is 10.1 Å². The number of aliphatic carboxylic acids is 1. The van der Waals surface area contributed by atoms with Crippen molar-refractivity contribution in [3.05, 3.63) is 59.3 Å². The lowest BCUT2D eigenvalue weighted by Gasteiger charge is -2.66. The van der Waals surface area contributed by atoms with Crippen LogP contribution in [0.3, 0.4) is 0 Å². The van der Waals surface area contributed by atoms with E-state index < -0.39 is 35.8 Å². The van der Waals surface area contributed by atoms with Gasteiger partial charge in [-0.3, -0.25) is 4.79 Å². The van der Waals surface area contributed by atoms with Crippen molar-refractivity contribution in [3.63, 3.8) is 0 Å². The number of ether oxygens (including phenoxy) is 1. The number of amides is 1. The van der Waals surface area contributed by atoms with Crippen molar-refractivity contribution < 1.29 is 32.6 Å². The molecule has 0 radical (unpaired) electrons. The fourth-order valence-electron chi connectivity index (χ4n) is 8.14. The summed E-state index contributed by atoms with van der Waals surface area (Å²) in [5, 5.41) is 14.2.